The number of anilines is 1. The van der Waals surface area contributed by atoms with Crippen LogP contribution in [0.2, 0.25) is 5.02 Å². The second kappa shape index (κ2) is 5.75. The molecule has 0 radical (unpaired) electrons. The van der Waals surface area contributed by atoms with Crippen LogP contribution < -0.4 is 5.73 Å². The molecule has 21 heavy (non-hydrogen) atoms. The zero-order valence-corrected chi connectivity index (χ0v) is 11.2. The molecule has 0 spiro atoms. The summed E-state index contributed by atoms with van der Waals surface area (Å²) in [5.41, 5.74) is 5.11. The Morgan fingerprint density at radius 2 is 2.00 bits per heavy atom. The number of nitrogen functional groups attached to an aromatic ring is 1. The molecule has 2 rings (SSSR count). The SMILES string of the molecule is Nc1c(F)c(-c2ccc(C=C=O)cc2)nc(C(=O)O)c1Cl. The van der Waals surface area contributed by atoms with Crippen molar-refractivity contribution in [2.45, 2.75) is 0 Å². The van der Waals surface area contributed by atoms with Crippen molar-refractivity contribution in [3.8, 4) is 11.3 Å². The Bertz CT molecular complexity index is 769. The predicted molar refractivity (Wildman–Crippen MR) is 76.2 cm³/mol. The van der Waals surface area contributed by atoms with Crippen LogP contribution in [0, 0.1) is 5.82 Å². The first-order chi connectivity index (χ1) is 9.95. The molecule has 0 atom stereocenters. The Labute approximate surface area is 123 Å². The third kappa shape index (κ3) is 2.76. The first-order valence-electron chi connectivity index (χ1n) is 5.64. The van der Waals surface area contributed by atoms with E-state index in [1.807, 2.05) is 0 Å². The lowest BCUT2D eigenvalue weighted by Crippen LogP contribution is -2.08. The summed E-state index contributed by atoms with van der Waals surface area (Å²) >= 11 is 5.66. The lowest BCUT2D eigenvalue weighted by atomic mass is 10.1. The fraction of sp³-hybridized carbons (Fsp3) is 0. The van der Waals surface area contributed by atoms with E-state index in [9.17, 15) is 14.0 Å². The van der Waals surface area contributed by atoms with Crippen LogP contribution in [-0.2, 0) is 4.79 Å². The van der Waals surface area contributed by atoms with Crippen LogP contribution in [0.4, 0.5) is 10.1 Å². The van der Waals surface area contributed by atoms with Gasteiger partial charge >= 0.3 is 5.97 Å². The summed E-state index contributed by atoms with van der Waals surface area (Å²) in [6.45, 7) is 0. The molecule has 0 saturated carbocycles. The molecule has 0 aliphatic carbocycles. The van der Waals surface area contributed by atoms with Gasteiger partial charge in [0.1, 0.15) is 11.6 Å². The molecule has 2 aromatic rings. The zero-order chi connectivity index (χ0) is 15.6. The highest BCUT2D eigenvalue weighted by atomic mass is 35.5. The number of hydrogen-bond donors (Lipinski definition) is 2. The molecular formula is C14H8ClFN2O3. The minimum Gasteiger partial charge on any atom is -0.476 e. The molecule has 1 aromatic carbocycles. The maximum atomic E-state index is 14.1. The quantitative estimate of drug-likeness (QED) is 0.850. The molecule has 106 valence electrons. The largest absolute Gasteiger partial charge is 0.476 e. The first kappa shape index (κ1) is 14.7. The summed E-state index contributed by atoms with van der Waals surface area (Å²) in [5.74, 6) is -0.693. The number of aromatic carboxylic acids is 1. The standard InChI is InChI=1S/C14H8ClFN2O3/c15-9-11(17)10(16)12(18-13(9)14(20)21)8-3-1-7(2-4-8)5-6-19/h1-5H,(H2,17,18)(H,20,21). The van der Waals surface area contributed by atoms with Gasteiger partial charge < -0.3 is 10.8 Å². The summed E-state index contributed by atoms with van der Waals surface area (Å²) in [6, 6.07) is 6.03. The molecule has 1 heterocycles. The third-order valence-electron chi connectivity index (χ3n) is 2.72. The number of rotatable bonds is 3. The molecule has 0 unspecified atom stereocenters. The second-order valence-corrected chi connectivity index (χ2v) is 4.42. The Morgan fingerprint density at radius 1 is 1.38 bits per heavy atom. The predicted octanol–water partition coefficient (Wildman–Crippen LogP) is 2.67. The number of hydrogen-bond acceptors (Lipinski definition) is 4. The van der Waals surface area contributed by atoms with E-state index >= 15 is 0 Å². The van der Waals surface area contributed by atoms with Crippen molar-refractivity contribution in [1.82, 2.24) is 4.98 Å². The lowest BCUT2D eigenvalue weighted by Gasteiger charge is -2.09. The average molecular weight is 307 g/mol. The number of carbonyl (C=O) groups excluding carboxylic acids is 1. The van der Waals surface area contributed by atoms with Crippen LogP contribution in [0.25, 0.3) is 17.3 Å². The minimum absolute atomic E-state index is 0.226. The van der Waals surface area contributed by atoms with Gasteiger partial charge in [-0.1, -0.05) is 35.9 Å². The molecule has 0 fully saturated rings. The van der Waals surface area contributed by atoms with Crippen molar-refractivity contribution >= 4 is 35.3 Å². The molecule has 0 aliphatic heterocycles. The summed E-state index contributed by atoms with van der Waals surface area (Å²) < 4.78 is 14.1. The topological polar surface area (TPSA) is 93.3 Å². The van der Waals surface area contributed by atoms with Crippen molar-refractivity contribution in [1.29, 1.82) is 0 Å². The van der Waals surface area contributed by atoms with Crippen LogP contribution >= 0.6 is 11.6 Å². The number of benzene rings is 1. The van der Waals surface area contributed by atoms with Gasteiger partial charge in [-0.15, -0.1) is 0 Å². The Morgan fingerprint density at radius 3 is 2.52 bits per heavy atom. The van der Waals surface area contributed by atoms with Gasteiger partial charge in [0.15, 0.2) is 11.5 Å². The fourth-order valence-corrected chi connectivity index (χ4v) is 1.91. The van der Waals surface area contributed by atoms with Gasteiger partial charge in [-0.25, -0.2) is 19.0 Å². The molecular weight excluding hydrogens is 299 g/mol. The summed E-state index contributed by atoms with van der Waals surface area (Å²) in [6.07, 6.45) is 1.20. The van der Waals surface area contributed by atoms with Gasteiger partial charge in [-0.2, -0.15) is 0 Å². The highest BCUT2D eigenvalue weighted by Crippen LogP contribution is 2.32. The van der Waals surface area contributed by atoms with E-state index in [0.29, 0.717) is 11.1 Å². The summed E-state index contributed by atoms with van der Waals surface area (Å²) in [7, 11) is 0. The monoisotopic (exact) mass is 306 g/mol. The molecule has 1 aromatic heterocycles. The molecule has 0 aliphatic rings. The van der Waals surface area contributed by atoms with Crippen molar-refractivity contribution in [3.05, 3.63) is 46.4 Å². The van der Waals surface area contributed by atoms with Crippen LogP contribution in [0.1, 0.15) is 16.1 Å². The molecule has 5 nitrogen and oxygen atoms in total. The number of pyridine rings is 1. The third-order valence-corrected chi connectivity index (χ3v) is 3.11. The van der Waals surface area contributed by atoms with E-state index in [1.54, 1.807) is 5.94 Å². The van der Waals surface area contributed by atoms with E-state index < -0.39 is 28.2 Å². The van der Waals surface area contributed by atoms with Gasteiger partial charge in [0.25, 0.3) is 0 Å². The zero-order valence-electron chi connectivity index (χ0n) is 10.4. The highest BCUT2D eigenvalue weighted by Gasteiger charge is 2.21. The normalized spacial score (nSPS) is 10.0. The number of nitrogens with zero attached hydrogens (tertiary/aromatic N) is 1. The van der Waals surface area contributed by atoms with Crippen LogP contribution in [0.5, 0.6) is 0 Å². The number of carbonyl (C=O) groups is 1. The Balaban J connectivity index is 2.63. The van der Waals surface area contributed by atoms with Crippen molar-refractivity contribution < 1.29 is 19.1 Å². The van der Waals surface area contributed by atoms with E-state index in [-0.39, 0.29) is 5.69 Å². The smallest absolute Gasteiger partial charge is 0.356 e. The van der Waals surface area contributed by atoms with Crippen molar-refractivity contribution in [3.63, 3.8) is 0 Å². The number of carboxylic acids is 1. The van der Waals surface area contributed by atoms with Gasteiger partial charge in [-0.3, -0.25) is 0 Å². The van der Waals surface area contributed by atoms with Crippen LogP contribution in [0.15, 0.2) is 24.3 Å². The summed E-state index contributed by atoms with van der Waals surface area (Å²) in [5, 5.41) is 8.55. The molecule has 0 bridgehead atoms. The molecule has 0 saturated heterocycles. The second-order valence-electron chi connectivity index (χ2n) is 4.04. The van der Waals surface area contributed by atoms with E-state index in [4.69, 9.17) is 22.4 Å². The maximum Gasteiger partial charge on any atom is 0.356 e. The summed E-state index contributed by atoms with van der Waals surface area (Å²) in [4.78, 5) is 25.0. The Hall–Kier alpha value is -2.69. The number of halogens is 2. The lowest BCUT2D eigenvalue weighted by molar-refractivity contribution is 0.0691. The highest BCUT2D eigenvalue weighted by molar-refractivity contribution is 6.35. The van der Waals surface area contributed by atoms with Gasteiger partial charge in [-0.05, 0) is 5.56 Å². The Kier molecular flexibility index (Phi) is 4.03. The number of aromatic nitrogens is 1. The molecule has 7 heteroatoms. The van der Waals surface area contributed by atoms with Gasteiger partial charge in [0, 0.05) is 11.6 Å². The average Bonchev–Trinajstić information content (AvgIpc) is 2.46. The number of nitrogens with two attached hydrogens (primary N) is 1. The van der Waals surface area contributed by atoms with E-state index in [0.717, 1.165) is 0 Å². The van der Waals surface area contributed by atoms with Gasteiger partial charge in [0.05, 0.1) is 10.7 Å². The van der Waals surface area contributed by atoms with Crippen molar-refractivity contribution in [2.75, 3.05) is 5.73 Å². The van der Waals surface area contributed by atoms with Gasteiger partial charge in [0.2, 0.25) is 0 Å². The van der Waals surface area contributed by atoms with E-state index in [2.05, 4.69) is 4.98 Å². The fourth-order valence-electron chi connectivity index (χ4n) is 1.70. The number of carboxylic acid groups (broad SMARTS) is 1. The van der Waals surface area contributed by atoms with Crippen LogP contribution in [0.3, 0.4) is 0 Å². The molecule has 3 N–H and O–H groups in total. The van der Waals surface area contributed by atoms with Crippen molar-refractivity contribution in [2.24, 2.45) is 0 Å². The first-order valence-corrected chi connectivity index (χ1v) is 6.02. The van der Waals surface area contributed by atoms with Crippen LogP contribution in [-0.4, -0.2) is 22.0 Å². The maximum absolute atomic E-state index is 14.1. The molecule has 0 amide bonds. The van der Waals surface area contributed by atoms with E-state index in [1.165, 1.54) is 30.3 Å². The minimum atomic E-state index is -1.41.